The molecule has 1 aromatic heterocycles. The standard InChI is InChI=1S/C16H21N3O/c1-11-17-15-6-5-9-20-14-10-12(16(2,3)4)7-8-13(14)19(15)18-11/h7-8,10H,5-6,9H2,1-4H3. The Morgan fingerprint density at radius 3 is 2.80 bits per heavy atom. The van der Waals surface area contributed by atoms with E-state index in [4.69, 9.17) is 4.74 Å². The lowest BCUT2D eigenvalue weighted by Crippen LogP contribution is -2.15. The minimum Gasteiger partial charge on any atom is -0.491 e. The maximum absolute atomic E-state index is 5.94. The van der Waals surface area contributed by atoms with Gasteiger partial charge in [-0.25, -0.2) is 9.67 Å². The molecule has 0 spiro atoms. The number of nitrogens with zero attached hydrogens (tertiary/aromatic N) is 3. The molecule has 4 heteroatoms. The Balaban J connectivity index is 2.15. The summed E-state index contributed by atoms with van der Waals surface area (Å²) in [5.41, 5.74) is 2.38. The molecule has 0 bridgehead atoms. The largest absolute Gasteiger partial charge is 0.491 e. The normalized spacial score (nSPS) is 14.8. The summed E-state index contributed by atoms with van der Waals surface area (Å²) in [7, 11) is 0. The molecule has 0 amide bonds. The van der Waals surface area contributed by atoms with Gasteiger partial charge in [-0.2, -0.15) is 5.10 Å². The van der Waals surface area contributed by atoms with Gasteiger partial charge in [-0.05, 0) is 36.5 Å². The maximum atomic E-state index is 5.94. The van der Waals surface area contributed by atoms with Gasteiger partial charge in [0.05, 0.1) is 6.61 Å². The molecule has 0 N–H and O–H groups in total. The highest BCUT2D eigenvalue weighted by molar-refractivity contribution is 5.50. The van der Waals surface area contributed by atoms with Crippen molar-refractivity contribution < 1.29 is 4.74 Å². The Bertz CT molecular complexity index is 638. The SMILES string of the molecule is Cc1nc2n(n1)-c1ccc(C(C)(C)C)cc1OCCC2. The summed E-state index contributed by atoms with van der Waals surface area (Å²) in [4.78, 5) is 4.52. The lowest BCUT2D eigenvalue weighted by atomic mass is 9.87. The number of benzene rings is 1. The zero-order chi connectivity index (χ0) is 14.3. The second kappa shape index (κ2) is 4.62. The third-order valence-corrected chi connectivity index (χ3v) is 3.64. The number of aromatic nitrogens is 3. The Morgan fingerprint density at radius 2 is 2.05 bits per heavy atom. The first-order valence-corrected chi connectivity index (χ1v) is 7.15. The Kier molecular flexibility index (Phi) is 3.04. The highest BCUT2D eigenvalue weighted by Crippen LogP contribution is 2.32. The molecule has 0 atom stereocenters. The lowest BCUT2D eigenvalue weighted by Gasteiger charge is -2.22. The van der Waals surface area contributed by atoms with Crippen LogP contribution < -0.4 is 4.74 Å². The van der Waals surface area contributed by atoms with E-state index in [1.165, 1.54) is 5.56 Å². The summed E-state index contributed by atoms with van der Waals surface area (Å²) in [6.45, 7) is 9.29. The Labute approximate surface area is 119 Å². The zero-order valence-corrected chi connectivity index (χ0v) is 12.6. The average Bonchev–Trinajstić information content (AvgIpc) is 2.71. The van der Waals surface area contributed by atoms with E-state index < -0.39 is 0 Å². The van der Waals surface area contributed by atoms with Crippen molar-refractivity contribution >= 4 is 0 Å². The lowest BCUT2D eigenvalue weighted by molar-refractivity contribution is 0.302. The molecule has 0 radical (unpaired) electrons. The van der Waals surface area contributed by atoms with Crippen molar-refractivity contribution in [1.29, 1.82) is 0 Å². The van der Waals surface area contributed by atoms with E-state index in [1.807, 2.05) is 11.6 Å². The molecule has 0 saturated carbocycles. The van der Waals surface area contributed by atoms with E-state index in [1.54, 1.807) is 0 Å². The summed E-state index contributed by atoms with van der Waals surface area (Å²) in [6.07, 6.45) is 1.87. The van der Waals surface area contributed by atoms with E-state index in [0.29, 0.717) is 0 Å². The van der Waals surface area contributed by atoms with Gasteiger partial charge in [-0.1, -0.05) is 26.8 Å². The molecular weight excluding hydrogens is 250 g/mol. The molecule has 0 aliphatic carbocycles. The smallest absolute Gasteiger partial charge is 0.148 e. The molecule has 3 rings (SSSR count). The van der Waals surface area contributed by atoms with Crippen LogP contribution in [0.1, 0.15) is 44.4 Å². The first-order valence-electron chi connectivity index (χ1n) is 7.15. The third-order valence-electron chi connectivity index (χ3n) is 3.64. The van der Waals surface area contributed by atoms with Crippen LogP contribution in [0.4, 0.5) is 0 Å². The van der Waals surface area contributed by atoms with Crippen LogP contribution in [0.15, 0.2) is 18.2 Å². The summed E-state index contributed by atoms with van der Waals surface area (Å²) >= 11 is 0. The maximum Gasteiger partial charge on any atom is 0.148 e. The van der Waals surface area contributed by atoms with Crippen LogP contribution in [0.25, 0.3) is 5.69 Å². The van der Waals surface area contributed by atoms with Crippen LogP contribution in [0.2, 0.25) is 0 Å². The number of hydrogen-bond donors (Lipinski definition) is 0. The van der Waals surface area contributed by atoms with Gasteiger partial charge >= 0.3 is 0 Å². The summed E-state index contributed by atoms with van der Waals surface area (Å²) in [5, 5.41) is 4.51. The predicted molar refractivity (Wildman–Crippen MR) is 78.6 cm³/mol. The van der Waals surface area contributed by atoms with E-state index in [0.717, 1.165) is 42.5 Å². The number of hydrogen-bond acceptors (Lipinski definition) is 3. The zero-order valence-electron chi connectivity index (χ0n) is 12.6. The molecule has 106 valence electrons. The quantitative estimate of drug-likeness (QED) is 0.738. The molecule has 1 aromatic carbocycles. The van der Waals surface area contributed by atoms with Crippen molar-refractivity contribution in [3.8, 4) is 11.4 Å². The number of aryl methyl sites for hydroxylation is 2. The first kappa shape index (κ1) is 13.2. The predicted octanol–water partition coefficient (Wildman–Crippen LogP) is 3.20. The van der Waals surface area contributed by atoms with Gasteiger partial charge in [0, 0.05) is 6.42 Å². The summed E-state index contributed by atoms with van der Waals surface area (Å²) in [6, 6.07) is 6.39. The van der Waals surface area contributed by atoms with Gasteiger partial charge < -0.3 is 4.74 Å². The fourth-order valence-electron chi connectivity index (χ4n) is 2.50. The first-order chi connectivity index (χ1) is 9.45. The van der Waals surface area contributed by atoms with E-state index >= 15 is 0 Å². The summed E-state index contributed by atoms with van der Waals surface area (Å²) in [5.74, 6) is 2.74. The molecule has 20 heavy (non-hydrogen) atoms. The molecule has 0 fully saturated rings. The van der Waals surface area contributed by atoms with E-state index in [-0.39, 0.29) is 5.41 Å². The Hall–Kier alpha value is -1.84. The van der Waals surface area contributed by atoms with Gasteiger partial charge in [-0.3, -0.25) is 0 Å². The van der Waals surface area contributed by atoms with Crippen molar-refractivity contribution in [2.24, 2.45) is 0 Å². The minimum atomic E-state index is 0.113. The van der Waals surface area contributed by atoms with Gasteiger partial charge in [0.25, 0.3) is 0 Å². The number of ether oxygens (including phenoxy) is 1. The highest BCUT2D eigenvalue weighted by atomic mass is 16.5. The van der Waals surface area contributed by atoms with E-state index in [9.17, 15) is 0 Å². The second-order valence-corrected chi connectivity index (χ2v) is 6.37. The van der Waals surface area contributed by atoms with Gasteiger partial charge in [-0.15, -0.1) is 0 Å². The molecule has 0 saturated heterocycles. The fraction of sp³-hybridized carbons (Fsp3) is 0.500. The molecule has 2 heterocycles. The number of fused-ring (bicyclic) bond motifs is 3. The topological polar surface area (TPSA) is 39.9 Å². The molecule has 1 aliphatic rings. The second-order valence-electron chi connectivity index (χ2n) is 6.37. The van der Waals surface area contributed by atoms with Crippen LogP contribution in [0.3, 0.4) is 0 Å². The monoisotopic (exact) mass is 271 g/mol. The van der Waals surface area contributed by atoms with Crippen LogP contribution in [-0.4, -0.2) is 21.4 Å². The fourth-order valence-corrected chi connectivity index (χ4v) is 2.50. The molecular formula is C16H21N3O. The number of rotatable bonds is 0. The van der Waals surface area contributed by atoms with Crippen LogP contribution >= 0.6 is 0 Å². The minimum absolute atomic E-state index is 0.113. The Morgan fingerprint density at radius 1 is 1.25 bits per heavy atom. The molecule has 0 unspecified atom stereocenters. The van der Waals surface area contributed by atoms with Crippen LogP contribution in [-0.2, 0) is 11.8 Å². The average molecular weight is 271 g/mol. The molecule has 4 nitrogen and oxygen atoms in total. The van der Waals surface area contributed by atoms with Gasteiger partial charge in [0.1, 0.15) is 23.1 Å². The van der Waals surface area contributed by atoms with Crippen molar-refractivity contribution in [2.75, 3.05) is 6.61 Å². The van der Waals surface area contributed by atoms with E-state index in [2.05, 4.69) is 49.1 Å². The molecule has 1 aliphatic heterocycles. The highest BCUT2D eigenvalue weighted by Gasteiger charge is 2.20. The van der Waals surface area contributed by atoms with Crippen molar-refractivity contribution in [3.63, 3.8) is 0 Å². The van der Waals surface area contributed by atoms with Crippen molar-refractivity contribution in [1.82, 2.24) is 14.8 Å². The molecule has 2 aromatic rings. The van der Waals surface area contributed by atoms with Gasteiger partial charge in [0.2, 0.25) is 0 Å². The summed E-state index contributed by atoms with van der Waals surface area (Å²) < 4.78 is 7.87. The van der Waals surface area contributed by atoms with Crippen molar-refractivity contribution in [2.45, 2.75) is 46.0 Å². The van der Waals surface area contributed by atoms with Crippen LogP contribution in [0, 0.1) is 6.92 Å². The third kappa shape index (κ3) is 2.30. The van der Waals surface area contributed by atoms with Crippen molar-refractivity contribution in [3.05, 3.63) is 35.4 Å². The van der Waals surface area contributed by atoms with Gasteiger partial charge in [0.15, 0.2) is 0 Å². The van der Waals surface area contributed by atoms with Crippen LogP contribution in [0.5, 0.6) is 5.75 Å².